The summed E-state index contributed by atoms with van der Waals surface area (Å²) in [6.45, 7) is 3.58. The van der Waals surface area contributed by atoms with Crippen LogP contribution in [0.25, 0.3) is 0 Å². The Balaban J connectivity index is 1.83. The van der Waals surface area contributed by atoms with E-state index in [4.69, 9.17) is 0 Å². The fourth-order valence-electron chi connectivity index (χ4n) is 2.49. The number of hydrogen-bond donors (Lipinski definition) is 1. The molecule has 0 saturated heterocycles. The van der Waals surface area contributed by atoms with E-state index < -0.39 is 0 Å². The molecule has 108 valence electrons. The summed E-state index contributed by atoms with van der Waals surface area (Å²) in [7, 11) is 0. The summed E-state index contributed by atoms with van der Waals surface area (Å²) in [5.41, 5.74) is 2.63. The highest BCUT2D eigenvalue weighted by atomic mass is 16.2. The van der Waals surface area contributed by atoms with Crippen molar-refractivity contribution in [2.45, 2.75) is 19.8 Å². The van der Waals surface area contributed by atoms with Gasteiger partial charge in [-0.15, -0.1) is 0 Å². The van der Waals surface area contributed by atoms with Gasteiger partial charge in [-0.05, 0) is 30.5 Å². The van der Waals surface area contributed by atoms with Crippen LogP contribution >= 0.6 is 0 Å². The van der Waals surface area contributed by atoms with E-state index in [0.29, 0.717) is 18.2 Å². The Morgan fingerprint density at radius 3 is 3.05 bits per heavy atom. The van der Waals surface area contributed by atoms with E-state index in [2.05, 4.69) is 28.3 Å². The molecule has 3 rings (SSSR count). The molecular weight excluding hydrogens is 264 g/mol. The average Bonchev–Trinajstić information content (AvgIpc) is 2.96. The Morgan fingerprint density at radius 2 is 2.19 bits per heavy atom. The summed E-state index contributed by atoms with van der Waals surface area (Å²) in [5.74, 6) is 0.442. The molecule has 0 spiro atoms. The molecule has 0 fully saturated rings. The summed E-state index contributed by atoms with van der Waals surface area (Å²) in [6, 6.07) is 9.68. The fraction of sp³-hybridized carbons (Fsp3) is 0.312. The molecule has 21 heavy (non-hydrogen) atoms. The summed E-state index contributed by atoms with van der Waals surface area (Å²) < 4.78 is 0. The quantitative estimate of drug-likeness (QED) is 0.936. The number of nitrogens with zero attached hydrogens (tertiary/aromatic N) is 3. The summed E-state index contributed by atoms with van der Waals surface area (Å²) >= 11 is 0. The number of aromatic nitrogens is 2. The second-order valence-corrected chi connectivity index (χ2v) is 5.03. The number of para-hydroxylation sites is 1. The van der Waals surface area contributed by atoms with Gasteiger partial charge < -0.3 is 10.2 Å². The van der Waals surface area contributed by atoms with Crippen molar-refractivity contribution in [1.29, 1.82) is 0 Å². The number of nitrogens with one attached hydrogen (secondary N) is 1. The zero-order chi connectivity index (χ0) is 14.7. The molecule has 1 aliphatic heterocycles. The Bertz CT molecular complexity index is 656. The van der Waals surface area contributed by atoms with E-state index in [0.717, 1.165) is 25.1 Å². The third-order valence-electron chi connectivity index (χ3n) is 3.54. The third kappa shape index (κ3) is 2.72. The lowest BCUT2D eigenvalue weighted by molar-refractivity contribution is 0.0984. The molecular formula is C16H18N4O. The zero-order valence-corrected chi connectivity index (χ0v) is 12.0. The number of fused-ring (bicyclic) bond motifs is 1. The predicted molar refractivity (Wildman–Crippen MR) is 82.6 cm³/mol. The lowest BCUT2D eigenvalue weighted by Crippen LogP contribution is -2.29. The molecule has 1 amide bonds. The molecule has 2 aromatic rings. The van der Waals surface area contributed by atoms with Gasteiger partial charge >= 0.3 is 0 Å². The minimum absolute atomic E-state index is 0.0677. The first-order valence-corrected chi connectivity index (χ1v) is 7.26. The van der Waals surface area contributed by atoms with Crippen LogP contribution in [0.3, 0.4) is 0 Å². The van der Waals surface area contributed by atoms with Crippen LogP contribution in [-0.2, 0) is 6.42 Å². The van der Waals surface area contributed by atoms with Gasteiger partial charge in [0.1, 0.15) is 5.69 Å². The maximum Gasteiger partial charge on any atom is 0.277 e. The van der Waals surface area contributed by atoms with Crippen LogP contribution in [0.2, 0.25) is 0 Å². The number of carbonyl (C=O) groups is 1. The molecule has 5 heteroatoms. The monoisotopic (exact) mass is 282 g/mol. The van der Waals surface area contributed by atoms with Crippen molar-refractivity contribution in [3.63, 3.8) is 0 Å². The van der Waals surface area contributed by atoms with Gasteiger partial charge in [-0.2, -0.15) is 0 Å². The maximum atomic E-state index is 12.6. The van der Waals surface area contributed by atoms with E-state index in [1.807, 2.05) is 18.2 Å². The first kappa shape index (κ1) is 13.5. The number of hydrogen-bond acceptors (Lipinski definition) is 4. The topological polar surface area (TPSA) is 58.1 Å². The van der Waals surface area contributed by atoms with Crippen LogP contribution in [0.4, 0.5) is 11.6 Å². The molecule has 1 aliphatic rings. The number of carbonyl (C=O) groups excluding carboxylic acids is 1. The van der Waals surface area contributed by atoms with Crippen molar-refractivity contribution in [3.05, 3.63) is 47.8 Å². The first-order chi connectivity index (χ1) is 10.3. The van der Waals surface area contributed by atoms with E-state index >= 15 is 0 Å². The lowest BCUT2D eigenvalue weighted by Gasteiger charge is -2.17. The van der Waals surface area contributed by atoms with Gasteiger partial charge in [-0.3, -0.25) is 4.79 Å². The van der Waals surface area contributed by atoms with Gasteiger partial charge in [-0.25, -0.2) is 9.97 Å². The smallest absolute Gasteiger partial charge is 0.277 e. The van der Waals surface area contributed by atoms with E-state index in [1.165, 1.54) is 5.56 Å². The molecule has 0 aliphatic carbocycles. The summed E-state index contributed by atoms with van der Waals surface area (Å²) in [6.07, 6.45) is 3.51. The lowest BCUT2D eigenvalue weighted by atomic mass is 10.2. The van der Waals surface area contributed by atoms with Gasteiger partial charge in [-0.1, -0.05) is 25.1 Å². The number of anilines is 2. The number of benzene rings is 1. The van der Waals surface area contributed by atoms with Gasteiger partial charge in [0.25, 0.3) is 5.91 Å². The summed E-state index contributed by atoms with van der Waals surface area (Å²) in [5, 5.41) is 3.11. The molecule has 0 atom stereocenters. The standard InChI is InChI=1S/C16H18N4O/c1-2-9-17-16-18-10-7-13(19-16)15(21)20-11-8-12-5-3-4-6-14(12)20/h3-7,10H,2,8-9,11H2,1H3,(H,17,18,19). The third-order valence-corrected chi connectivity index (χ3v) is 3.54. The van der Waals surface area contributed by atoms with Crippen LogP contribution in [0, 0.1) is 0 Å². The average molecular weight is 282 g/mol. The fourth-order valence-corrected chi connectivity index (χ4v) is 2.49. The minimum Gasteiger partial charge on any atom is -0.354 e. The van der Waals surface area contributed by atoms with Gasteiger partial charge in [0, 0.05) is 25.0 Å². The van der Waals surface area contributed by atoms with Gasteiger partial charge in [0.15, 0.2) is 0 Å². The van der Waals surface area contributed by atoms with Crippen LogP contribution in [0.15, 0.2) is 36.5 Å². The molecule has 1 aromatic carbocycles. The molecule has 0 radical (unpaired) electrons. The van der Waals surface area contributed by atoms with E-state index in [1.54, 1.807) is 17.2 Å². The number of amides is 1. The highest BCUT2D eigenvalue weighted by molar-refractivity contribution is 6.06. The Hall–Kier alpha value is -2.43. The molecule has 5 nitrogen and oxygen atoms in total. The van der Waals surface area contributed by atoms with Crippen molar-refractivity contribution < 1.29 is 4.79 Å². The largest absolute Gasteiger partial charge is 0.354 e. The van der Waals surface area contributed by atoms with Crippen molar-refractivity contribution in [2.24, 2.45) is 0 Å². The van der Waals surface area contributed by atoms with Crippen molar-refractivity contribution in [1.82, 2.24) is 9.97 Å². The predicted octanol–water partition coefficient (Wildman–Crippen LogP) is 2.50. The molecule has 0 unspecified atom stereocenters. The first-order valence-electron chi connectivity index (χ1n) is 7.26. The normalized spacial score (nSPS) is 13.1. The van der Waals surface area contributed by atoms with Gasteiger partial charge in [0.05, 0.1) is 0 Å². The van der Waals surface area contributed by atoms with Crippen molar-refractivity contribution in [3.8, 4) is 0 Å². The van der Waals surface area contributed by atoms with E-state index in [-0.39, 0.29) is 5.91 Å². The van der Waals surface area contributed by atoms with Gasteiger partial charge in [0.2, 0.25) is 5.95 Å². The number of rotatable bonds is 4. The molecule has 1 N–H and O–H groups in total. The highest BCUT2D eigenvalue weighted by Crippen LogP contribution is 2.28. The van der Waals surface area contributed by atoms with Crippen LogP contribution in [0.5, 0.6) is 0 Å². The minimum atomic E-state index is -0.0677. The van der Waals surface area contributed by atoms with E-state index in [9.17, 15) is 4.79 Å². The van der Waals surface area contributed by atoms with Crippen LogP contribution in [0.1, 0.15) is 29.4 Å². The molecule has 0 saturated carbocycles. The Kier molecular flexibility index (Phi) is 3.81. The van der Waals surface area contributed by atoms with Crippen molar-refractivity contribution in [2.75, 3.05) is 23.3 Å². The SMILES string of the molecule is CCCNc1nccc(C(=O)N2CCc3ccccc32)n1. The van der Waals surface area contributed by atoms with Crippen LogP contribution < -0.4 is 10.2 Å². The van der Waals surface area contributed by atoms with Crippen molar-refractivity contribution >= 4 is 17.5 Å². The summed E-state index contributed by atoms with van der Waals surface area (Å²) in [4.78, 5) is 22.9. The zero-order valence-electron chi connectivity index (χ0n) is 12.0. The second-order valence-electron chi connectivity index (χ2n) is 5.03. The Labute approximate surface area is 124 Å². The second kappa shape index (κ2) is 5.91. The molecule has 1 aromatic heterocycles. The maximum absolute atomic E-state index is 12.6. The highest BCUT2D eigenvalue weighted by Gasteiger charge is 2.26. The molecule has 2 heterocycles. The van der Waals surface area contributed by atoms with Crippen LogP contribution in [-0.4, -0.2) is 29.0 Å². The Morgan fingerprint density at radius 1 is 1.33 bits per heavy atom. The molecule has 0 bridgehead atoms.